The van der Waals surface area contributed by atoms with E-state index in [9.17, 15) is 9.59 Å². The van der Waals surface area contributed by atoms with Crippen molar-refractivity contribution in [3.8, 4) is 0 Å². The Morgan fingerprint density at radius 3 is 2.94 bits per heavy atom. The van der Waals surface area contributed by atoms with Gasteiger partial charge in [-0.15, -0.1) is 11.3 Å². The lowest BCUT2D eigenvalue weighted by Crippen LogP contribution is -2.35. The van der Waals surface area contributed by atoms with E-state index in [0.717, 1.165) is 9.35 Å². The van der Waals surface area contributed by atoms with Gasteiger partial charge in [-0.25, -0.2) is 0 Å². The van der Waals surface area contributed by atoms with Gasteiger partial charge in [-0.2, -0.15) is 0 Å². The van der Waals surface area contributed by atoms with E-state index in [2.05, 4.69) is 26.6 Å². The minimum Gasteiger partial charge on any atom is -0.354 e. The number of halogens is 1. The molecule has 0 saturated carbocycles. The summed E-state index contributed by atoms with van der Waals surface area (Å²) in [6.07, 6.45) is 0.372. The first-order valence-electron chi connectivity index (χ1n) is 4.90. The first kappa shape index (κ1) is 11.6. The van der Waals surface area contributed by atoms with Crippen LogP contribution >= 0.6 is 27.3 Å². The van der Waals surface area contributed by atoms with Gasteiger partial charge >= 0.3 is 0 Å². The molecule has 1 unspecified atom stereocenters. The average Bonchev–Trinajstić information content (AvgIpc) is 2.75. The van der Waals surface area contributed by atoms with E-state index in [-0.39, 0.29) is 17.9 Å². The van der Waals surface area contributed by atoms with E-state index in [1.165, 1.54) is 11.3 Å². The highest BCUT2D eigenvalue weighted by atomic mass is 79.9. The maximum Gasteiger partial charge on any atom is 0.261 e. The lowest BCUT2D eigenvalue weighted by Gasteiger charge is -2.08. The van der Waals surface area contributed by atoms with E-state index in [1.807, 2.05) is 13.0 Å². The van der Waals surface area contributed by atoms with Gasteiger partial charge in [0.15, 0.2) is 0 Å². The van der Waals surface area contributed by atoms with Gasteiger partial charge in [-0.3, -0.25) is 9.59 Å². The second kappa shape index (κ2) is 4.55. The summed E-state index contributed by atoms with van der Waals surface area (Å²) in [5, 5.41) is 5.52. The molecule has 0 aliphatic carbocycles. The SMILES string of the molecule is Cc1cc(C(=O)NC2CNC(=O)C2)sc1Br. The minimum absolute atomic E-state index is 0.00570. The normalized spacial score (nSPS) is 19.6. The Labute approximate surface area is 106 Å². The Kier molecular flexibility index (Phi) is 3.30. The van der Waals surface area contributed by atoms with Gasteiger partial charge in [0.2, 0.25) is 5.91 Å². The molecule has 2 heterocycles. The fourth-order valence-electron chi connectivity index (χ4n) is 1.54. The summed E-state index contributed by atoms with van der Waals surface area (Å²) in [6.45, 7) is 2.47. The molecular weight excluding hydrogens is 292 g/mol. The first-order chi connectivity index (χ1) is 7.56. The Morgan fingerprint density at radius 1 is 1.69 bits per heavy atom. The summed E-state index contributed by atoms with van der Waals surface area (Å²) in [5.41, 5.74) is 1.05. The predicted molar refractivity (Wildman–Crippen MR) is 65.6 cm³/mol. The fourth-order valence-corrected chi connectivity index (χ4v) is 2.97. The molecule has 1 aliphatic rings. The van der Waals surface area contributed by atoms with Crippen LogP contribution in [0.4, 0.5) is 0 Å². The molecule has 4 nitrogen and oxygen atoms in total. The number of rotatable bonds is 2. The molecule has 0 bridgehead atoms. The van der Waals surface area contributed by atoms with E-state index >= 15 is 0 Å². The van der Waals surface area contributed by atoms with Crippen molar-refractivity contribution < 1.29 is 9.59 Å². The second-order valence-corrected chi connectivity index (χ2v) is 6.12. The molecule has 86 valence electrons. The quantitative estimate of drug-likeness (QED) is 0.868. The van der Waals surface area contributed by atoms with Crippen molar-refractivity contribution in [3.63, 3.8) is 0 Å². The number of nitrogens with one attached hydrogen (secondary N) is 2. The van der Waals surface area contributed by atoms with Crippen LogP contribution < -0.4 is 10.6 Å². The number of carbonyl (C=O) groups is 2. The molecule has 1 aromatic heterocycles. The summed E-state index contributed by atoms with van der Waals surface area (Å²) < 4.78 is 0.971. The van der Waals surface area contributed by atoms with Crippen molar-refractivity contribution in [2.24, 2.45) is 0 Å². The van der Waals surface area contributed by atoms with Crippen molar-refractivity contribution >= 4 is 39.1 Å². The van der Waals surface area contributed by atoms with Crippen LogP contribution in [0.2, 0.25) is 0 Å². The molecule has 16 heavy (non-hydrogen) atoms. The highest BCUT2D eigenvalue weighted by Crippen LogP contribution is 2.27. The van der Waals surface area contributed by atoms with Crippen molar-refractivity contribution in [1.82, 2.24) is 10.6 Å². The largest absolute Gasteiger partial charge is 0.354 e. The second-order valence-electron chi connectivity index (χ2n) is 3.75. The van der Waals surface area contributed by atoms with Gasteiger partial charge in [0.1, 0.15) is 0 Å². The number of carbonyl (C=O) groups excluding carboxylic acids is 2. The van der Waals surface area contributed by atoms with Crippen LogP contribution in [0.5, 0.6) is 0 Å². The van der Waals surface area contributed by atoms with Crippen LogP contribution in [0, 0.1) is 6.92 Å². The molecule has 1 aliphatic heterocycles. The highest BCUT2D eigenvalue weighted by Gasteiger charge is 2.24. The van der Waals surface area contributed by atoms with E-state index in [4.69, 9.17) is 0 Å². The van der Waals surface area contributed by atoms with Crippen LogP contribution in [0.15, 0.2) is 9.85 Å². The maximum atomic E-state index is 11.8. The molecule has 1 fully saturated rings. The van der Waals surface area contributed by atoms with Crippen LogP contribution in [0.25, 0.3) is 0 Å². The van der Waals surface area contributed by atoms with Crippen LogP contribution in [0.3, 0.4) is 0 Å². The molecule has 2 rings (SSSR count). The first-order valence-corrected chi connectivity index (χ1v) is 6.50. The lowest BCUT2D eigenvalue weighted by molar-refractivity contribution is -0.119. The Bertz CT molecular complexity index is 425. The van der Waals surface area contributed by atoms with E-state index in [1.54, 1.807) is 0 Å². The van der Waals surface area contributed by atoms with E-state index in [0.29, 0.717) is 17.8 Å². The minimum atomic E-state index is -0.111. The van der Waals surface area contributed by atoms with Crippen molar-refractivity contribution in [2.45, 2.75) is 19.4 Å². The van der Waals surface area contributed by atoms with Crippen molar-refractivity contribution in [1.29, 1.82) is 0 Å². The van der Waals surface area contributed by atoms with E-state index < -0.39 is 0 Å². The third kappa shape index (κ3) is 2.44. The van der Waals surface area contributed by atoms with Gasteiger partial charge in [-0.05, 0) is 34.5 Å². The van der Waals surface area contributed by atoms with Crippen LogP contribution in [0.1, 0.15) is 21.7 Å². The topological polar surface area (TPSA) is 58.2 Å². The van der Waals surface area contributed by atoms with Gasteiger partial charge in [0.25, 0.3) is 5.91 Å². The number of hydrogen-bond acceptors (Lipinski definition) is 3. The Balaban J connectivity index is 2.00. The number of aryl methyl sites for hydroxylation is 1. The Morgan fingerprint density at radius 2 is 2.44 bits per heavy atom. The smallest absolute Gasteiger partial charge is 0.261 e. The highest BCUT2D eigenvalue weighted by molar-refractivity contribution is 9.11. The third-order valence-electron chi connectivity index (χ3n) is 2.39. The average molecular weight is 303 g/mol. The summed E-state index contributed by atoms with van der Waals surface area (Å²) in [6, 6.07) is 1.76. The zero-order valence-electron chi connectivity index (χ0n) is 8.67. The molecule has 0 spiro atoms. The van der Waals surface area contributed by atoms with Gasteiger partial charge < -0.3 is 10.6 Å². The number of hydrogen-bond donors (Lipinski definition) is 2. The molecule has 0 aromatic carbocycles. The van der Waals surface area contributed by atoms with Crippen LogP contribution in [-0.2, 0) is 4.79 Å². The van der Waals surface area contributed by atoms with Gasteiger partial charge in [0.05, 0.1) is 14.7 Å². The van der Waals surface area contributed by atoms with Crippen molar-refractivity contribution in [2.75, 3.05) is 6.54 Å². The molecule has 1 aromatic rings. The molecule has 0 radical (unpaired) electrons. The fraction of sp³-hybridized carbons (Fsp3) is 0.400. The third-order valence-corrected chi connectivity index (χ3v) is 4.53. The lowest BCUT2D eigenvalue weighted by atomic mass is 10.2. The molecule has 2 N–H and O–H groups in total. The zero-order chi connectivity index (χ0) is 11.7. The summed E-state index contributed by atoms with van der Waals surface area (Å²) in [4.78, 5) is 23.4. The summed E-state index contributed by atoms with van der Waals surface area (Å²) >= 11 is 4.78. The molecular formula is C10H11BrN2O2S. The Hall–Kier alpha value is -0.880. The van der Waals surface area contributed by atoms with Crippen molar-refractivity contribution in [3.05, 3.63) is 20.3 Å². The monoisotopic (exact) mass is 302 g/mol. The molecule has 1 atom stereocenters. The molecule has 6 heteroatoms. The molecule has 2 amide bonds. The molecule has 1 saturated heterocycles. The number of thiophene rings is 1. The number of amides is 2. The predicted octanol–water partition coefficient (Wildman–Crippen LogP) is 1.44. The maximum absolute atomic E-state index is 11.8. The zero-order valence-corrected chi connectivity index (χ0v) is 11.1. The summed E-state index contributed by atoms with van der Waals surface area (Å²) in [5.74, 6) is -0.117. The summed E-state index contributed by atoms with van der Waals surface area (Å²) in [7, 11) is 0. The van der Waals surface area contributed by atoms with Crippen LogP contribution in [-0.4, -0.2) is 24.4 Å². The van der Waals surface area contributed by atoms with Gasteiger partial charge in [-0.1, -0.05) is 0 Å². The van der Waals surface area contributed by atoms with Gasteiger partial charge in [0, 0.05) is 13.0 Å². The standard InChI is InChI=1S/C10H11BrN2O2S/c1-5-2-7(16-9(5)11)10(15)13-6-3-8(14)12-4-6/h2,6H,3-4H2,1H3,(H,12,14)(H,13,15).